The summed E-state index contributed by atoms with van der Waals surface area (Å²) in [5.74, 6) is -0.0121. The number of para-hydroxylation sites is 1. The molecule has 0 aliphatic carbocycles. The van der Waals surface area contributed by atoms with Crippen LogP contribution in [0.3, 0.4) is 0 Å². The van der Waals surface area contributed by atoms with Gasteiger partial charge in [-0.1, -0.05) is 12.1 Å². The van der Waals surface area contributed by atoms with Crippen LogP contribution in [0.4, 0.5) is 4.39 Å². The van der Waals surface area contributed by atoms with Crippen LogP contribution in [0.15, 0.2) is 24.4 Å². The summed E-state index contributed by atoms with van der Waals surface area (Å²) in [6, 6.07) is 4.95. The molecule has 0 aliphatic heterocycles. The van der Waals surface area contributed by atoms with Crippen molar-refractivity contribution < 1.29 is 9.13 Å². The smallest absolute Gasteiger partial charge is 0.165 e. The van der Waals surface area contributed by atoms with E-state index in [9.17, 15) is 4.39 Å². The highest BCUT2D eigenvalue weighted by Crippen LogP contribution is 2.24. The van der Waals surface area contributed by atoms with Gasteiger partial charge >= 0.3 is 0 Å². The number of hydrogen-bond donors (Lipinski definition) is 1. The van der Waals surface area contributed by atoms with E-state index in [-0.39, 0.29) is 5.82 Å². The third kappa shape index (κ3) is 3.05. The quantitative estimate of drug-likeness (QED) is 0.903. The summed E-state index contributed by atoms with van der Waals surface area (Å²) in [6.45, 7) is 2.86. The zero-order valence-corrected chi connectivity index (χ0v) is 11.2. The molecular weight excluding hydrogens is 251 g/mol. The van der Waals surface area contributed by atoms with Gasteiger partial charge in [-0.25, -0.2) is 9.37 Å². The van der Waals surface area contributed by atoms with Gasteiger partial charge in [-0.15, -0.1) is 11.3 Å². The van der Waals surface area contributed by atoms with Gasteiger partial charge < -0.3 is 10.1 Å². The molecule has 0 saturated carbocycles. The molecule has 0 amide bonds. The Labute approximate surface area is 110 Å². The van der Waals surface area contributed by atoms with Crippen LogP contribution in [0.1, 0.15) is 15.4 Å². The monoisotopic (exact) mass is 266 g/mol. The number of aryl methyl sites for hydroxylation is 1. The number of halogens is 1. The molecule has 96 valence electrons. The Kier molecular flexibility index (Phi) is 4.28. The summed E-state index contributed by atoms with van der Waals surface area (Å²) in [7, 11) is 1.82. The van der Waals surface area contributed by atoms with Crippen molar-refractivity contribution in [1.29, 1.82) is 0 Å². The molecule has 18 heavy (non-hydrogen) atoms. The van der Waals surface area contributed by atoms with E-state index in [0.717, 1.165) is 15.4 Å². The second-order valence-electron chi connectivity index (χ2n) is 3.89. The van der Waals surface area contributed by atoms with E-state index in [4.69, 9.17) is 4.74 Å². The topological polar surface area (TPSA) is 34.1 Å². The number of rotatable bonds is 5. The Morgan fingerprint density at radius 3 is 2.94 bits per heavy atom. The largest absolute Gasteiger partial charge is 0.485 e. The van der Waals surface area contributed by atoms with Gasteiger partial charge in [0.05, 0.1) is 9.88 Å². The lowest BCUT2D eigenvalue weighted by Crippen LogP contribution is -2.08. The van der Waals surface area contributed by atoms with E-state index in [1.54, 1.807) is 23.6 Å². The van der Waals surface area contributed by atoms with Crippen molar-refractivity contribution in [1.82, 2.24) is 10.3 Å². The first kappa shape index (κ1) is 13.0. The Bertz CT molecular complexity index is 527. The van der Waals surface area contributed by atoms with Gasteiger partial charge in [0, 0.05) is 18.3 Å². The fourth-order valence-corrected chi connectivity index (χ4v) is 2.37. The van der Waals surface area contributed by atoms with Crippen LogP contribution in [-0.4, -0.2) is 12.0 Å². The average Bonchev–Trinajstić information content (AvgIpc) is 2.75. The van der Waals surface area contributed by atoms with Crippen LogP contribution in [0.2, 0.25) is 0 Å². The second kappa shape index (κ2) is 5.93. The van der Waals surface area contributed by atoms with E-state index in [1.165, 1.54) is 6.07 Å². The Morgan fingerprint density at radius 2 is 2.28 bits per heavy atom. The maximum atomic E-state index is 13.7. The predicted molar refractivity (Wildman–Crippen MR) is 70.3 cm³/mol. The van der Waals surface area contributed by atoms with Crippen LogP contribution >= 0.6 is 11.3 Å². The summed E-state index contributed by atoms with van der Waals surface area (Å²) in [4.78, 5) is 5.13. The van der Waals surface area contributed by atoms with Crippen molar-refractivity contribution >= 4 is 11.3 Å². The van der Waals surface area contributed by atoms with Gasteiger partial charge in [-0.2, -0.15) is 0 Å². The lowest BCUT2D eigenvalue weighted by molar-refractivity contribution is 0.289. The summed E-state index contributed by atoms with van der Waals surface area (Å²) in [5, 5.41) is 3.98. The molecule has 2 rings (SSSR count). The minimum Gasteiger partial charge on any atom is -0.485 e. The number of hydrogen-bond acceptors (Lipinski definition) is 4. The van der Waals surface area contributed by atoms with Gasteiger partial charge in [0.1, 0.15) is 6.61 Å². The van der Waals surface area contributed by atoms with Crippen molar-refractivity contribution in [2.24, 2.45) is 0 Å². The zero-order valence-electron chi connectivity index (χ0n) is 10.4. The average molecular weight is 266 g/mol. The van der Waals surface area contributed by atoms with Crippen molar-refractivity contribution in [3.63, 3.8) is 0 Å². The maximum absolute atomic E-state index is 13.7. The Morgan fingerprint density at radius 1 is 1.44 bits per heavy atom. The van der Waals surface area contributed by atoms with Gasteiger partial charge in [-0.05, 0) is 20.0 Å². The van der Waals surface area contributed by atoms with Crippen LogP contribution in [0.5, 0.6) is 5.75 Å². The molecule has 0 saturated heterocycles. The maximum Gasteiger partial charge on any atom is 0.165 e. The van der Waals surface area contributed by atoms with Crippen LogP contribution in [0.25, 0.3) is 0 Å². The lowest BCUT2D eigenvalue weighted by Gasteiger charge is -2.11. The molecule has 1 aromatic carbocycles. The highest BCUT2D eigenvalue weighted by atomic mass is 32.1. The minimum atomic E-state index is -0.330. The van der Waals surface area contributed by atoms with Crippen molar-refractivity contribution in [2.45, 2.75) is 20.1 Å². The highest BCUT2D eigenvalue weighted by Gasteiger charge is 2.10. The molecule has 5 heteroatoms. The molecule has 0 unspecified atom stereocenters. The second-order valence-corrected chi connectivity index (χ2v) is 5.21. The SMILES string of the molecule is CNCc1cccc(F)c1OCc1cnc(C)s1. The first-order valence-electron chi connectivity index (χ1n) is 5.67. The first-order chi connectivity index (χ1) is 8.70. The Balaban J connectivity index is 2.12. The summed E-state index contributed by atoms with van der Waals surface area (Å²) in [5.41, 5.74) is 0.818. The van der Waals surface area contributed by atoms with E-state index in [2.05, 4.69) is 10.3 Å². The first-order valence-corrected chi connectivity index (χ1v) is 6.48. The van der Waals surface area contributed by atoms with Crippen LogP contribution in [-0.2, 0) is 13.2 Å². The van der Waals surface area contributed by atoms with Gasteiger partial charge in [0.25, 0.3) is 0 Å². The van der Waals surface area contributed by atoms with E-state index in [0.29, 0.717) is 18.9 Å². The van der Waals surface area contributed by atoms with Crippen molar-refractivity contribution in [2.75, 3.05) is 7.05 Å². The number of benzene rings is 1. The zero-order chi connectivity index (χ0) is 13.0. The molecule has 0 bridgehead atoms. The lowest BCUT2D eigenvalue weighted by atomic mass is 10.2. The van der Waals surface area contributed by atoms with Crippen LogP contribution < -0.4 is 10.1 Å². The molecule has 1 aromatic heterocycles. The number of ether oxygens (including phenoxy) is 1. The molecule has 0 radical (unpaired) electrons. The third-order valence-corrected chi connectivity index (χ3v) is 3.33. The number of nitrogens with one attached hydrogen (secondary N) is 1. The molecule has 1 N–H and O–H groups in total. The van der Waals surface area contributed by atoms with Gasteiger partial charge in [-0.3, -0.25) is 0 Å². The summed E-state index contributed by atoms with van der Waals surface area (Å²) < 4.78 is 19.3. The van der Waals surface area contributed by atoms with Gasteiger partial charge in [0.15, 0.2) is 11.6 Å². The van der Waals surface area contributed by atoms with E-state index < -0.39 is 0 Å². The standard InChI is InChI=1S/C13H15FN2OS/c1-9-16-7-11(18-9)8-17-13-10(6-15-2)4-3-5-12(13)14/h3-5,7,15H,6,8H2,1-2H3. The van der Waals surface area contributed by atoms with E-state index in [1.807, 2.05) is 20.0 Å². The fourth-order valence-electron chi connectivity index (χ4n) is 1.66. The number of nitrogens with zero attached hydrogens (tertiary/aromatic N) is 1. The number of thiazole rings is 1. The number of aromatic nitrogens is 1. The molecule has 0 aliphatic rings. The molecular formula is C13H15FN2OS. The van der Waals surface area contributed by atoms with Crippen LogP contribution in [0, 0.1) is 12.7 Å². The third-order valence-electron chi connectivity index (χ3n) is 2.44. The molecule has 2 aromatic rings. The molecule has 0 atom stereocenters. The molecule has 3 nitrogen and oxygen atoms in total. The predicted octanol–water partition coefficient (Wildman–Crippen LogP) is 2.89. The van der Waals surface area contributed by atoms with E-state index >= 15 is 0 Å². The van der Waals surface area contributed by atoms with Crippen molar-refractivity contribution in [3.05, 3.63) is 45.7 Å². The summed E-state index contributed by atoms with van der Waals surface area (Å²) in [6.07, 6.45) is 1.76. The molecule has 1 heterocycles. The van der Waals surface area contributed by atoms with Crippen molar-refractivity contribution in [3.8, 4) is 5.75 Å². The molecule has 0 spiro atoms. The Hall–Kier alpha value is -1.46. The molecule has 0 fully saturated rings. The minimum absolute atomic E-state index is 0.318. The fraction of sp³-hybridized carbons (Fsp3) is 0.308. The van der Waals surface area contributed by atoms with Gasteiger partial charge in [0.2, 0.25) is 0 Å². The highest BCUT2D eigenvalue weighted by molar-refractivity contribution is 7.11. The summed E-state index contributed by atoms with van der Waals surface area (Å²) >= 11 is 1.56. The normalized spacial score (nSPS) is 10.6.